The molecule has 0 radical (unpaired) electrons. The van der Waals surface area contributed by atoms with Crippen LogP contribution in [0.3, 0.4) is 0 Å². The summed E-state index contributed by atoms with van der Waals surface area (Å²) in [4.78, 5) is 12.2. The normalized spacial score (nSPS) is 15.0. The zero-order valence-electron chi connectivity index (χ0n) is 12.4. The van der Waals surface area contributed by atoms with E-state index in [9.17, 15) is 10.1 Å². The summed E-state index contributed by atoms with van der Waals surface area (Å²) in [5, 5.41) is 12.3. The largest absolute Gasteiger partial charge is 0.479 e. The lowest BCUT2D eigenvalue weighted by Crippen LogP contribution is -2.52. The lowest BCUT2D eigenvalue weighted by atomic mass is 9.90. The van der Waals surface area contributed by atoms with Crippen LogP contribution in [0.5, 0.6) is 5.75 Å². The molecule has 0 saturated carbocycles. The van der Waals surface area contributed by atoms with Crippen LogP contribution in [-0.2, 0) is 4.79 Å². The fraction of sp³-hybridized carbons (Fsp3) is 0.467. The topological polar surface area (TPSA) is 62.1 Å². The third-order valence-electron chi connectivity index (χ3n) is 3.34. The molecule has 0 aliphatic carbocycles. The van der Waals surface area contributed by atoms with Crippen molar-refractivity contribution in [2.45, 2.75) is 39.3 Å². The third kappa shape index (κ3) is 4.62. The summed E-state index contributed by atoms with van der Waals surface area (Å²) in [7, 11) is 0. The van der Waals surface area contributed by atoms with E-state index in [2.05, 4.69) is 27.3 Å². The number of halogens is 2. The Morgan fingerprint density at radius 2 is 2.10 bits per heavy atom. The molecule has 0 unspecified atom stereocenters. The summed E-state index contributed by atoms with van der Waals surface area (Å²) in [6, 6.07) is 7.28. The van der Waals surface area contributed by atoms with E-state index in [1.807, 2.05) is 13.8 Å². The van der Waals surface area contributed by atoms with Gasteiger partial charge in [0.1, 0.15) is 11.3 Å². The Labute approximate surface area is 138 Å². The number of nitrogens with one attached hydrogen (secondary N) is 1. The van der Waals surface area contributed by atoms with Gasteiger partial charge in [-0.05, 0) is 38.0 Å². The molecule has 0 saturated heterocycles. The predicted molar refractivity (Wildman–Crippen MR) is 86.2 cm³/mol. The summed E-state index contributed by atoms with van der Waals surface area (Å²) in [6.45, 7) is 7.06. The van der Waals surface area contributed by atoms with Crippen LogP contribution in [0.15, 0.2) is 22.7 Å². The highest BCUT2D eigenvalue weighted by Gasteiger charge is 2.32. The molecule has 0 fully saturated rings. The van der Waals surface area contributed by atoms with E-state index in [-0.39, 0.29) is 11.8 Å². The molecule has 1 aromatic carbocycles. The predicted octanol–water partition coefficient (Wildman–Crippen LogP) is 3.92. The van der Waals surface area contributed by atoms with E-state index in [4.69, 9.17) is 16.3 Å². The number of hydrogen-bond donors (Lipinski definition) is 1. The Balaban J connectivity index is 2.78. The van der Waals surface area contributed by atoms with Crippen LogP contribution in [0.4, 0.5) is 0 Å². The quantitative estimate of drug-likeness (QED) is 0.850. The molecule has 1 amide bonds. The van der Waals surface area contributed by atoms with Crippen LogP contribution in [0.2, 0.25) is 5.02 Å². The SMILES string of the molecule is CC(C)[C@@](C)(C#N)NC(=O)[C@H](C)Oc1ccc(Br)cc1Cl. The van der Waals surface area contributed by atoms with Gasteiger partial charge in [0.25, 0.3) is 5.91 Å². The summed E-state index contributed by atoms with van der Waals surface area (Å²) in [6.07, 6.45) is -0.755. The first-order valence-electron chi connectivity index (χ1n) is 6.54. The van der Waals surface area contributed by atoms with Crippen LogP contribution < -0.4 is 10.1 Å². The van der Waals surface area contributed by atoms with Gasteiger partial charge in [-0.1, -0.05) is 41.4 Å². The first kappa shape index (κ1) is 17.8. The van der Waals surface area contributed by atoms with Crippen molar-refractivity contribution in [2.24, 2.45) is 5.92 Å². The molecular formula is C15H18BrClN2O2. The van der Waals surface area contributed by atoms with Crippen LogP contribution in [0.25, 0.3) is 0 Å². The van der Waals surface area contributed by atoms with Gasteiger partial charge in [-0.2, -0.15) is 5.26 Å². The lowest BCUT2D eigenvalue weighted by molar-refractivity contribution is -0.128. The Kier molecular flexibility index (Phi) is 6.06. The molecule has 0 heterocycles. The zero-order valence-corrected chi connectivity index (χ0v) is 14.7. The second-order valence-corrected chi connectivity index (χ2v) is 6.62. The fourth-order valence-corrected chi connectivity index (χ4v) is 2.19. The molecule has 114 valence electrons. The first-order valence-corrected chi connectivity index (χ1v) is 7.71. The van der Waals surface area contributed by atoms with Crippen molar-refractivity contribution in [1.29, 1.82) is 5.26 Å². The standard InChI is InChI=1S/C15H18BrClN2O2/c1-9(2)15(4,8-18)19-14(20)10(3)21-13-6-5-11(16)7-12(13)17/h5-7,9-10H,1-4H3,(H,19,20)/t10-,15+/m0/s1. The molecule has 0 bridgehead atoms. The number of nitrogens with zero attached hydrogens (tertiary/aromatic N) is 1. The molecule has 0 aliphatic rings. The Hall–Kier alpha value is -1.25. The highest BCUT2D eigenvalue weighted by Crippen LogP contribution is 2.28. The van der Waals surface area contributed by atoms with Gasteiger partial charge in [-0.25, -0.2) is 0 Å². The van der Waals surface area contributed by atoms with Gasteiger partial charge in [-0.3, -0.25) is 4.79 Å². The molecule has 0 spiro atoms. The van der Waals surface area contributed by atoms with E-state index in [0.29, 0.717) is 10.8 Å². The molecule has 4 nitrogen and oxygen atoms in total. The number of benzene rings is 1. The second-order valence-electron chi connectivity index (χ2n) is 5.29. The summed E-state index contributed by atoms with van der Waals surface area (Å²) in [5.74, 6) is 0.0485. The van der Waals surface area contributed by atoms with Crippen molar-refractivity contribution < 1.29 is 9.53 Å². The Bertz CT molecular complexity index is 571. The van der Waals surface area contributed by atoms with E-state index in [1.165, 1.54) is 0 Å². The average molecular weight is 374 g/mol. The maximum atomic E-state index is 12.2. The molecule has 6 heteroatoms. The van der Waals surface area contributed by atoms with Gasteiger partial charge in [-0.15, -0.1) is 0 Å². The van der Waals surface area contributed by atoms with Crippen LogP contribution in [-0.4, -0.2) is 17.6 Å². The van der Waals surface area contributed by atoms with Gasteiger partial charge in [0.05, 0.1) is 11.1 Å². The second kappa shape index (κ2) is 7.15. The van der Waals surface area contributed by atoms with Crippen molar-refractivity contribution in [3.63, 3.8) is 0 Å². The number of hydrogen-bond acceptors (Lipinski definition) is 3. The first-order chi connectivity index (χ1) is 9.69. The van der Waals surface area contributed by atoms with Crippen molar-refractivity contribution in [3.05, 3.63) is 27.7 Å². The Morgan fingerprint density at radius 3 is 2.57 bits per heavy atom. The smallest absolute Gasteiger partial charge is 0.262 e. The molecule has 1 rings (SSSR count). The minimum absolute atomic E-state index is 0.0186. The third-order valence-corrected chi connectivity index (χ3v) is 4.13. The zero-order chi connectivity index (χ0) is 16.2. The van der Waals surface area contributed by atoms with E-state index in [1.54, 1.807) is 32.0 Å². The van der Waals surface area contributed by atoms with E-state index < -0.39 is 11.6 Å². The van der Waals surface area contributed by atoms with Crippen molar-refractivity contribution >= 4 is 33.4 Å². The molecule has 21 heavy (non-hydrogen) atoms. The maximum Gasteiger partial charge on any atom is 0.262 e. The maximum absolute atomic E-state index is 12.2. The van der Waals surface area contributed by atoms with Crippen LogP contribution >= 0.6 is 27.5 Å². The van der Waals surface area contributed by atoms with Gasteiger partial charge in [0.2, 0.25) is 0 Å². The molecule has 0 aliphatic heterocycles. The number of carbonyl (C=O) groups is 1. The van der Waals surface area contributed by atoms with E-state index in [0.717, 1.165) is 4.47 Å². The number of ether oxygens (including phenoxy) is 1. The number of amides is 1. The summed E-state index contributed by atoms with van der Waals surface area (Å²) >= 11 is 9.35. The van der Waals surface area contributed by atoms with Crippen LogP contribution in [0, 0.1) is 17.2 Å². The number of nitriles is 1. The van der Waals surface area contributed by atoms with Gasteiger partial charge in [0.15, 0.2) is 6.10 Å². The number of rotatable bonds is 5. The van der Waals surface area contributed by atoms with Gasteiger partial charge < -0.3 is 10.1 Å². The lowest BCUT2D eigenvalue weighted by Gasteiger charge is -2.28. The molecule has 0 aromatic heterocycles. The fourth-order valence-electron chi connectivity index (χ4n) is 1.47. The van der Waals surface area contributed by atoms with E-state index >= 15 is 0 Å². The summed E-state index contributed by atoms with van der Waals surface area (Å²) < 4.78 is 6.39. The Morgan fingerprint density at radius 1 is 1.48 bits per heavy atom. The highest BCUT2D eigenvalue weighted by atomic mass is 79.9. The number of carbonyl (C=O) groups excluding carboxylic acids is 1. The van der Waals surface area contributed by atoms with Crippen LogP contribution in [0.1, 0.15) is 27.7 Å². The monoisotopic (exact) mass is 372 g/mol. The summed E-state index contributed by atoms with van der Waals surface area (Å²) in [5.41, 5.74) is -0.932. The minimum atomic E-state index is -0.932. The molecule has 1 aromatic rings. The molecule has 2 atom stereocenters. The minimum Gasteiger partial charge on any atom is -0.479 e. The molecular weight excluding hydrogens is 356 g/mol. The van der Waals surface area contributed by atoms with Crippen molar-refractivity contribution in [1.82, 2.24) is 5.32 Å². The van der Waals surface area contributed by atoms with Crippen molar-refractivity contribution in [2.75, 3.05) is 0 Å². The average Bonchev–Trinajstić information content (AvgIpc) is 2.41. The van der Waals surface area contributed by atoms with Gasteiger partial charge >= 0.3 is 0 Å². The van der Waals surface area contributed by atoms with Gasteiger partial charge in [0, 0.05) is 4.47 Å². The van der Waals surface area contributed by atoms with Crippen molar-refractivity contribution in [3.8, 4) is 11.8 Å². The molecule has 1 N–H and O–H groups in total. The highest BCUT2D eigenvalue weighted by molar-refractivity contribution is 9.10.